The molecule has 0 unspecified atom stereocenters. The van der Waals surface area contributed by atoms with Crippen LogP contribution in [0.4, 0.5) is 5.95 Å². The molecule has 4 heterocycles. The van der Waals surface area contributed by atoms with E-state index >= 15 is 0 Å². The molecule has 30 heavy (non-hydrogen) atoms. The fourth-order valence-corrected chi connectivity index (χ4v) is 4.85. The molecule has 2 aliphatic rings. The minimum absolute atomic E-state index is 0.0326. The second-order valence-corrected chi connectivity index (χ2v) is 10.0. The Morgan fingerprint density at radius 3 is 2.43 bits per heavy atom. The lowest BCUT2D eigenvalue weighted by atomic mass is 9.93. The van der Waals surface area contributed by atoms with Crippen molar-refractivity contribution >= 4 is 21.7 Å². The number of sulfone groups is 1. The fraction of sp³-hybridized carbons (Fsp3) is 0.579. The molecular formula is C19H27N7O3S. The summed E-state index contributed by atoms with van der Waals surface area (Å²) in [6.45, 7) is 4.54. The van der Waals surface area contributed by atoms with Crippen LogP contribution in [0.3, 0.4) is 0 Å². The van der Waals surface area contributed by atoms with E-state index in [-0.39, 0.29) is 16.7 Å². The molecule has 0 spiro atoms. The summed E-state index contributed by atoms with van der Waals surface area (Å²) in [5.74, 6) is 0.464. The summed E-state index contributed by atoms with van der Waals surface area (Å²) in [6, 6.07) is 1.66. The maximum Gasteiger partial charge on any atom is 0.271 e. The molecule has 2 aliphatic heterocycles. The molecule has 0 bridgehead atoms. The van der Waals surface area contributed by atoms with Gasteiger partial charge in [0.25, 0.3) is 5.91 Å². The van der Waals surface area contributed by atoms with E-state index in [1.54, 1.807) is 17.2 Å². The van der Waals surface area contributed by atoms with Crippen molar-refractivity contribution in [3.63, 3.8) is 0 Å². The normalized spacial score (nSPS) is 19.3. The molecule has 162 valence electrons. The summed E-state index contributed by atoms with van der Waals surface area (Å²) in [4.78, 5) is 27.9. The number of anilines is 1. The maximum absolute atomic E-state index is 12.5. The number of hydrogen-bond donors (Lipinski definition) is 1. The van der Waals surface area contributed by atoms with Gasteiger partial charge in [-0.2, -0.15) is 5.10 Å². The number of nitrogens with zero attached hydrogens (tertiary/aromatic N) is 6. The minimum atomic E-state index is -3.45. The van der Waals surface area contributed by atoms with Crippen molar-refractivity contribution in [1.29, 1.82) is 0 Å². The molecule has 4 rings (SSSR count). The first-order valence-electron chi connectivity index (χ1n) is 10.1. The van der Waals surface area contributed by atoms with Crippen LogP contribution in [0.5, 0.6) is 0 Å². The highest BCUT2D eigenvalue weighted by atomic mass is 32.2. The summed E-state index contributed by atoms with van der Waals surface area (Å²) >= 11 is 0. The van der Waals surface area contributed by atoms with Crippen molar-refractivity contribution in [1.82, 2.24) is 30.0 Å². The number of piperidine rings is 1. The van der Waals surface area contributed by atoms with Crippen molar-refractivity contribution in [2.75, 3.05) is 57.5 Å². The lowest BCUT2D eigenvalue weighted by Crippen LogP contribution is -2.45. The first kappa shape index (κ1) is 20.7. The van der Waals surface area contributed by atoms with E-state index < -0.39 is 9.84 Å². The van der Waals surface area contributed by atoms with E-state index in [2.05, 4.69) is 32.0 Å². The quantitative estimate of drug-likeness (QED) is 0.736. The lowest BCUT2D eigenvalue weighted by molar-refractivity contribution is 0.0705. The second-order valence-electron chi connectivity index (χ2n) is 8.02. The van der Waals surface area contributed by atoms with E-state index in [1.807, 2.05) is 0 Å². The van der Waals surface area contributed by atoms with Gasteiger partial charge in [0.2, 0.25) is 5.95 Å². The highest BCUT2D eigenvalue weighted by molar-refractivity contribution is 7.90. The summed E-state index contributed by atoms with van der Waals surface area (Å²) in [5, 5.41) is 6.54. The van der Waals surface area contributed by atoms with Crippen molar-refractivity contribution in [2.24, 2.45) is 0 Å². The molecule has 0 aromatic carbocycles. The number of likely N-dealkylation sites (N-methyl/N-ethyl adjacent to an activating group) is 1. The van der Waals surface area contributed by atoms with E-state index in [9.17, 15) is 13.2 Å². The number of piperazine rings is 1. The van der Waals surface area contributed by atoms with Crippen molar-refractivity contribution in [3.8, 4) is 0 Å². The van der Waals surface area contributed by atoms with Gasteiger partial charge >= 0.3 is 0 Å². The largest absolute Gasteiger partial charge is 0.338 e. The standard InChI is InChI=1S/C19H27N7O3S/c1-24-9-11-26(12-10-24)19-20-13-16(30(2,28)29)17(22-19)14-4-7-25(8-5-14)18(27)15-3-6-21-23-15/h3,6,13-14H,4-5,7-12H2,1-2H3,(H,21,23). The number of hydrogen-bond acceptors (Lipinski definition) is 8. The molecule has 1 N–H and O–H groups in total. The van der Waals surface area contributed by atoms with Crippen LogP contribution in [0.2, 0.25) is 0 Å². The highest BCUT2D eigenvalue weighted by Crippen LogP contribution is 2.32. The average molecular weight is 434 g/mol. The van der Waals surface area contributed by atoms with Gasteiger partial charge in [0.15, 0.2) is 9.84 Å². The predicted octanol–water partition coefficient (Wildman–Crippen LogP) is 0.375. The minimum Gasteiger partial charge on any atom is -0.338 e. The molecule has 2 aromatic heterocycles. The van der Waals surface area contributed by atoms with Gasteiger partial charge in [0.05, 0.1) is 11.9 Å². The topological polar surface area (TPSA) is 115 Å². The number of aromatic nitrogens is 4. The Hall–Kier alpha value is -2.53. The zero-order chi connectivity index (χ0) is 21.3. The lowest BCUT2D eigenvalue weighted by Gasteiger charge is -2.34. The molecule has 1 amide bonds. The Morgan fingerprint density at radius 2 is 1.83 bits per heavy atom. The van der Waals surface area contributed by atoms with Crippen LogP contribution in [-0.4, -0.2) is 96.9 Å². The molecule has 10 nitrogen and oxygen atoms in total. The summed E-state index contributed by atoms with van der Waals surface area (Å²) < 4.78 is 24.8. The molecule has 2 saturated heterocycles. The van der Waals surface area contributed by atoms with Crippen LogP contribution < -0.4 is 4.90 Å². The van der Waals surface area contributed by atoms with E-state index in [0.717, 1.165) is 26.2 Å². The number of rotatable bonds is 4. The summed E-state index contributed by atoms with van der Waals surface area (Å²) in [5.41, 5.74) is 1.04. The van der Waals surface area contributed by atoms with Gasteiger partial charge in [0, 0.05) is 57.6 Å². The Labute approximate surface area is 176 Å². The third-order valence-corrected chi connectivity index (χ3v) is 6.97. The van der Waals surface area contributed by atoms with Gasteiger partial charge in [-0.05, 0) is 26.0 Å². The highest BCUT2D eigenvalue weighted by Gasteiger charge is 2.30. The zero-order valence-electron chi connectivity index (χ0n) is 17.3. The molecule has 0 aliphatic carbocycles. The van der Waals surface area contributed by atoms with Crippen LogP contribution in [0, 0.1) is 0 Å². The van der Waals surface area contributed by atoms with E-state index in [4.69, 9.17) is 4.98 Å². The summed E-state index contributed by atoms with van der Waals surface area (Å²) in [6.07, 6.45) is 5.51. The SMILES string of the molecule is CN1CCN(c2ncc(S(C)(=O)=O)c(C3CCN(C(=O)c4ccn[nH]4)CC3)n2)CC1. The molecule has 11 heteroatoms. The van der Waals surface area contributed by atoms with Gasteiger partial charge in [-0.25, -0.2) is 18.4 Å². The number of nitrogens with one attached hydrogen (secondary N) is 1. The van der Waals surface area contributed by atoms with Crippen molar-refractivity contribution in [3.05, 3.63) is 29.8 Å². The van der Waals surface area contributed by atoms with Crippen LogP contribution in [0.25, 0.3) is 0 Å². The Kier molecular flexibility index (Phi) is 5.74. The van der Waals surface area contributed by atoms with Crippen LogP contribution >= 0.6 is 0 Å². The molecule has 0 radical (unpaired) electrons. The van der Waals surface area contributed by atoms with E-state index in [0.29, 0.717) is 43.3 Å². The number of H-pyrrole nitrogens is 1. The predicted molar refractivity (Wildman–Crippen MR) is 111 cm³/mol. The molecule has 2 fully saturated rings. The Morgan fingerprint density at radius 1 is 1.13 bits per heavy atom. The maximum atomic E-state index is 12.5. The number of likely N-dealkylation sites (tertiary alicyclic amines) is 1. The van der Waals surface area contributed by atoms with Gasteiger partial charge < -0.3 is 14.7 Å². The monoisotopic (exact) mass is 433 g/mol. The van der Waals surface area contributed by atoms with E-state index in [1.165, 1.54) is 12.5 Å². The summed E-state index contributed by atoms with van der Waals surface area (Å²) in [7, 11) is -1.37. The van der Waals surface area contributed by atoms with Crippen LogP contribution in [-0.2, 0) is 9.84 Å². The first-order valence-corrected chi connectivity index (χ1v) is 12.0. The number of carbonyl (C=O) groups is 1. The van der Waals surface area contributed by atoms with Crippen LogP contribution in [0.1, 0.15) is 34.9 Å². The van der Waals surface area contributed by atoms with Crippen LogP contribution in [0.15, 0.2) is 23.4 Å². The first-order chi connectivity index (χ1) is 14.3. The zero-order valence-corrected chi connectivity index (χ0v) is 18.1. The van der Waals surface area contributed by atoms with Gasteiger partial charge in [-0.3, -0.25) is 9.89 Å². The van der Waals surface area contributed by atoms with Crippen molar-refractivity contribution in [2.45, 2.75) is 23.7 Å². The second kappa shape index (κ2) is 8.31. The Bertz CT molecular complexity index is 993. The fourth-order valence-electron chi connectivity index (χ4n) is 4.01. The van der Waals surface area contributed by atoms with Gasteiger partial charge in [-0.1, -0.05) is 0 Å². The molecular weight excluding hydrogens is 406 g/mol. The number of amides is 1. The van der Waals surface area contributed by atoms with Crippen molar-refractivity contribution < 1.29 is 13.2 Å². The molecule has 2 aromatic rings. The average Bonchev–Trinajstić information content (AvgIpc) is 3.28. The third-order valence-electron chi connectivity index (χ3n) is 5.86. The molecule has 0 saturated carbocycles. The molecule has 0 atom stereocenters. The number of carbonyl (C=O) groups excluding carboxylic acids is 1. The third kappa shape index (κ3) is 4.31. The smallest absolute Gasteiger partial charge is 0.271 e. The number of aromatic amines is 1. The van der Waals surface area contributed by atoms with Gasteiger partial charge in [-0.15, -0.1) is 0 Å². The van der Waals surface area contributed by atoms with Gasteiger partial charge in [0.1, 0.15) is 10.6 Å². The Balaban J connectivity index is 1.55.